The maximum atomic E-state index is 12.3. The van der Waals surface area contributed by atoms with E-state index in [1.54, 1.807) is 4.68 Å². The number of carbonyl (C=O) groups is 1. The molecule has 0 radical (unpaired) electrons. The first kappa shape index (κ1) is 15.7. The van der Waals surface area contributed by atoms with Crippen molar-refractivity contribution in [2.75, 3.05) is 13.1 Å². The average Bonchev–Trinajstić information content (AvgIpc) is 3.20. The summed E-state index contributed by atoms with van der Waals surface area (Å²) in [6.07, 6.45) is 3.12. The van der Waals surface area contributed by atoms with E-state index < -0.39 is 0 Å². The lowest BCUT2D eigenvalue weighted by Crippen LogP contribution is -2.31. The van der Waals surface area contributed by atoms with Gasteiger partial charge in [-0.15, -0.1) is 0 Å². The standard InChI is InChI=1S/C16H22N4O3/c1-11-15(12(2)23-18-11)10-22-14-5-7-20(9-14)16(21)8-13-4-6-19(3)17-13/h4,6,14H,5,7-10H2,1-3H3. The maximum Gasteiger partial charge on any atom is 0.228 e. The number of rotatable bonds is 5. The van der Waals surface area contributed by atoms with E-state index in [1.807, 2.05) is 38.1 Å². The summed E-state index contributed by atoms with van der Waals surface area (Å²) in [4.78, 5) is 14.2. The largest absolute Gasteiger partial charge is 0.371 e. The Balaban J connectivity index is 1.49. The van der Waals surface area contributed by atoms with Crippen LogP contribution in [0.25, 0.3) is 0 Å². The summed E-state index contributed by atoms with van der Waals surface area (Å²) < 4.78 is 12.8. The molecule has 124 valence electrons. The summed E-state index contributed by atoms with van der Waals surface area (Å²) in [5.74, 6) is 0.899. The van der Waals surface area contributed by atoms with Gasteiger partial charge in [-0.25, -0.2) is 0 Å². The summed E-state index contributed by atoms with van der Waals surface area (Å²) in [6, 6.07) is 1.87. The summed E-state index contributed by atoms with van der Waals surface area (Å²) >= 11 is 0. The molecule has 1 aliphatic heterocycles. The molecule has 1 aliphatic rings. The fourth-order valence-corrected chi connectivity index (χ4v) is 2.82. The van der Waals surface area contributed by atoms with Crippen LogP contribution < -0.4 is 0 Å². The van der Waals surface area contributed by atoms with E-state index in [-0.39, 0.29) is 12.0 Å². The van der Waals surface area contributed by atoms with Gasteiger partial charge in [-0.05, 0) is 26.3 Å². The molecule has 0 N–H and O–H groups in total. The topological polar surface area (TPSA) is 73.4 Å². The van der Waals surface area contributed by atoms with Gasteiger partial charge in [0.15, 0.2) is 0 Å². The van der Waals surface area contributed by atoms with Crippen LogP contribution in [-0.4, -0.2) is 44.9 Å². The minimum Gasteiger partial charge on any atom is -0.371 e. The van der Waals surface area contributed by atoms with E-state index in [0.29, 0.717) is 19.6 Å². The molecule has 0 spiro atoms. The lowest BCUT2D eigenvalue weighted by atomic mass is 10.2. The fourth-order valence-electron chi connectivity index (χ4n) is 2.82. The Morgan fingerprint density at radius 2 is 2.30 bits per heavy atom. The number of likely N-dealkylation sites (tertiary alicyclic amines) is 1. The highest BCUT2D eigenvalue weighted by Crippen LogP contribution is 2.19. The van der Waals surface area contributed by atoms with Crippen LogP contribution in [0.15, 0.2) is 16.8 Å². The maximum absolute atomic E-state index is 12.3. The van der Waals surface area contributed by atoms with Gasteiger partial charge in [0.25, 0.3) is 0 Å². The van der Waals surface area contributed by atoms with Gasteiger partial charge < -0.3 is 14.2 Å². The molecule has 3 rings (SSSR count). The molecule has 2 aromatic rings. The van der Waals surface area contributed by atoms with Crippen molar-refractivity contribution >= 4 is 5.91 Å². The summed E-state index contributed by atoms with van der Waals surface area (Å²) in [5.41, 5.74) is 2.67. The Morgan fingerprint density at radius 1 is 1.48 bits per heavy atom. The van der Waals surface area contributed by atoms with Crippen molar-refractivity contribution in [1.29, 1.82) is 0 Å². The summed E-state index contributed by atoms with van der Waals surface area (Å²) in [6.45, 7) is 5.64. The molecule has 1 atom stereocenters. The predicted molar refractivity (Wildman–Crippen MR) is 82.7 cm³/mol. The van der Waals surface area contributed by atoms with E-state index in [0.717, 1.165) is 35.7 Å². The quantitative estimate of drug-likeness (QED) is 0.833. The summed E-state index contributed by atoms with van der Waals surface area (Å²) in [5, 5.41) is 8.18. The number of amides is 1. The molecule has 1 fully saturated rings. The molecular weight excluding hydrogens is 296 g/mol. The van der Waals surface area contributed by atoms with Crippen molar-refractivity contribution in [3.05, 3.63) is 35.0 Å². The van der Waals surface area contributed by atoms with Gasteiger partial charge in [0.2, 0.25) is 5.91 Å². The Bertz CT molecular complexity index is 672. The lowest BCUT2D eigenvalue weighted by molar-refractivity contribution is -0.130. The van der Waals surface area contributed by atoms with Crippen LogP contribution in [0, 0.1) is 13.8 Å². The molecule has 7 nitrogen and oxygen atoms in total. The van der Waals surface area contributed by atoms with Gasteiger partial charge in [-0.3, -0.25) is 9.48 Å². The fraction of sp³-hybridized carbons (Fsp3) is 0.562. The lowest BCUT2D eigenvalue weighted by Gasteiger charge is -2.16. The van der Waals surface area contributed by atoms with E-state index in [1.165, 1.54) is 0 Å². The van der Waals surface area contributed by atoms with Crippen LogP contribution in [-0.2, 0) is 29.6 Å². The van der Waals surface area contributed by atoms with Gasteiger partial charge in [0.05, 0.1) is 30.5 Å². The number of nitrogens with zero attached hydrogens (tertiary/aromatic N) is 4. The molecule has 1 saturated heterocycles. The molecule has 0 saturated carbocycles. The van der Waals surface area contributed by atoms with Crippen LogP contribution in [0.1, 0.15) is 29.1 Å². The molecular formula is C16H22N4O3. The van der Waals surface area contributed by atoms with Gasteiger partial charge in [0, 0.05) is 31.9 Å². The third kappa shape index (κ3) is 3.61. The minimum absolute atomic E-state index is 0.0661. The van der Waals surface area contributed by atoms with Crippen LogP contribution in [0.4, 0.5) is 0 Å². The van der Waals surface area contributed by atoms with Gasteiger partial charge >= 0.3 is 0 Å². The van der Waals surface area contributed by atoms with Crippen molar-refractivity contribution in [3.63, 3.8) is 0 Å². The van der Waals surface area contributed by atoms with Crippen molar-refractivity contribution in [2.45, 2.75) is 39.4 Å². The second-order valence-corrected chi connectivity index (χ2v) is 6.02. The van der Waals surface area contributed by atoms with Crippen LogP contribution in [0.2, 0.25) is 0 Å². The van der Waals surface area contributed by atoms with E-state index in [4.69, 9.17) is 9.26 Å². The zero-order valence-corrected chi connectivity index (χ0v) is 13.8. The molecule has 23 heavy (non-hydrogen) atoms. The van der Waals surface area contributed by atoms with Gasteiger partial charge in [0.1, 0.15) is 5.76 Å². The summed E-state index contributed by atoms with van der Waals surface area (Å²) in [7, 11) is 1.85. The van der Waals surface area contributed by atoms with Crippen LogP contribution >= 0.6 is 0 Å². The first-order chi connectivity index (χ1) is 11.0. The van der Waals surface area contributed by atoms with Crippen molar-refractivity contribution < 1.29 is 14.1 Å². The Labute approximate surface area is 135 Å². The second kappa shape index (κ2) is 6.54. The minimum atomic E-state index is 0.0661. The van der Waals surface area contributed by atoms with E-state index >= 15 is 0 Å². The van der Waals surface area contributed by atoms with Crippen LogP contribution in [0.3, 0.4) is 0 Å². The molecule has 1 amide bonds. The molecule has 0 aliphatic carbocycles. The highest BCUT2D eigenvalue weighted by molar-refractivity contribution is 5.78. The molecule has 0 bridgehead atoms. The highest BCUT2D eigenvalue weighted by Gasteiger charge is 2.27. The molecule has 3 heterocycles. The van der Waals surface area contributed by atoms with Crippen molar-refractivity contribution in [1.82, 2.24) is 19.8 Å². The zero-order chi connectivity index (χ0) is 16.4. The normalized spacial score (nSPS) is 17.9. The Morgan fingerprint density at radius 3 is 2.96 bits per heavy atom. The highest BCUT2D eigenvalue weighted by atomic mass is 16.5. The number of carbonyl (C=O) groups excluding carboxylic acids is 1. The molecule has 7 heteroatoms. The number of hydrogen-bond acceptors (Lipinski definition) is 5. The number of ether oxygens (including phenoxy) is 1. The monoisotopic (exact) mass is 318 g/mol. The smallest absolute Gasteiger partial charge is 0.228 e. The SMILES string of the molecule is Cc1noc(C)c1COC1CCN(C(=O)Cc2ccn(C)n2)C1. The number of aromatic nitrogens is 3. The first-order valence-electron chi connectivity index (χ1n) is 7.82. The van der Waals surface area contributed by atoms with Crippen molar-refractivity contribution in [2.24, 2.45) is 7.05 Å². The predicted octanol–water partition coefficient (Wildman–Crippen LogP) is 1.39. The van der Waals surface area contributed by atoms with Crippen molar-refractivity contribution in [3.8, 4) is 0 Å². The zero-order valence-electron chi connectivity index (χ0n) is 13.8. The van der Waals surface area contributed by atoms with Gasteiger partial charge in [-0.1, -0.05) is 5.16 Å². The van der Waals surface area contributed by atoms with E-state index in [9.17, 15) is 4.79 Å². The van der Waals surface area contributed by atoms with E-state index in [2.05, 4.69) is 10.3 Å². The Hall–Kier alpha value is -2.15. The van der Waals surface area contributed by atoms with Crippen LogP contribution in [0.5, 0.6) is 0 Å². The number of hydrogen-bond donors (Lipinski definition) is 0. The third-order valence-electron chi connectivity index (χ3n) is 4.24. The second-order valence-electron chi connectivity index (χ2n) is 6.02. The molecule has 1 unspecified atom stereocenters. The first-order valence-corrected chi connectivity index (χ1v) is 7.82. The Kier molecular flexibility index (Phi) is 4.47. The third-order valence-corrected chi connectivity index (χ3v) is 4.24. The van der Waals surface area contributed by atoms with Gasteiger partial charge in [-0.2, -0.15) is 5.10 Å². The molecule has 0 aromatic carbocycles. The molecule has 2 aromatic heterocycles. The number of aryl methyl sites for hydroxylation is 3. The average molecular weight is 318 g/mol.